The Balaban J connectivity index is 2.30. The van der Waals surface area contributed by atoms with Crippen LogP contribution in [-0.4, -0.2) is 30.8 Å². The number of hydrogen-bond donors (Lipinski definition) is 2. The smallest absolute Gasteiger partial charge is 0.246 e. The van der Waals surface area contributed by atoms with Crippen molar-refractivity contribution in [2.45, 2.75) is 19.9 Å². The topological polar surface area (TPSA) is 58.6 Å². The van der Waals surface area contributed by atoms with Gasteiger partial charge in [-0.25, -0.2) is 0 Å². The van der Waals surface area contributed by atoms with E-state index in [0.717, 1.165) is 16.9 Å². The van der Waals surface area contributed by atoms with Crippen LogP contribution in [0.3, 0.4) is 0 Å². The van der Waals surface area contributed by atoms with Crippen molar-refractivity contribution in [2.75, 3.05) is 19.8 Å². The van der Waals surface area contributed by atoms with Crippen LogP contribution < -0.4 is 5.32 Å². The lowest BCUT2D eigenvalue weighted by Crippen LogP contribution is -2.26. The van der Waals surface area contributed by atoms with E-state index in [2.05, 4.69) is 17.2 Å². The molecule has 2 N–H and O–H groups in total. The van der Waals surface area contributed by atoms with Gasteiger partial charge in [0.25, 0.3) is 0 Å². The van der Waals surface area contributed by atoms with Gasteiger partial charge in [0.2, 0.25) is 5.91 Å². The third-order valence-corrected chi connectivity index (χ3v) is 2.94. The van der Waals surface area contributed by atoms with Crippen LogP contribution in [0.1, 0.15) is 23.8 Å². The van der Waals surface area contributed by atoms with Gasteiger partial charge in [0, 0.05) is 22.4 Å². The Morgan fingerprint density at radius 3 is 3.17 bits per heavy atom. The molecule has 0 aliphatic heterocycles. The fourth-order valence-corrected chi connectivity index (χ4v) is 1.98. The Morgan fingerprint density at radius 1 is 1.61 bits per heavy atom. The average molecular weight is 267 g/mol. The summed E-state index contributed by atoms with van der Waals surface area (Å²) in [5.74, 6) is 5.29. The van der Waals surface area contributed by atoms with Gasteiger partial charge in [0.1, 0.15) is 13.2 Å². The summed E-state index contributed by atoms with van der Waals surface area (Å²) in [4.78, 5) is 12.4. The third kappa shape index (κ3) is 5.82. The van der Waals surface area contributed by atoms with E-state index in [1.165, 1.54) is 11.3 Å². The first-order valence-electron chi connectivity index (χ1n) is 5.77. The predicted molar refractivity (Wildman–Crippen MR) is 71.2 cm³/mol. The Morgan fingerprint density at radius 2 is 2.44 bits per heavy atom. The lowest BCUT2D eigenvalue weighted by molar-refractivity contribution is -0.125. The van der Waals surface area contributed by atoms with Gasteiger partial charge in [-0.3, -0.25) is 4.79 Å². The summed E-state index contributed by atoms with van der Waals surface area (Å²) in [6, 6.07) is 1.90. The van der Waals surface area contributed by atoms with E-state index in [1.54, 1.807) is 0 Å². The molecule has 0 aromatic carbocycles. The van der Waals surface area contributed by atoms with Crippen LogP contribution in [0.15, 0.2) is 11.4 Å². The first-order chi connectivity index (χ1) is 8.76. The van der Waals surface area contributed by atoms with Crippen LogP contribution in [0.5, 0.6) is 0 Å². The number of aliphatic hydroxyl groups excluding tert-OH is 1. The van der Waals surface area contributed by atoms with Gasteiger partial charge < -0.3 is 15.2 Å². The van der Waals surface area contributed by atoms with Crippen LogP contribution in [0.25, 0.3) is 0 Å². The normalized spacial score (nSPS) is 9.67. The van der Waals surface area contributed by atoms with Gasteiger partial charge in [-0.15, -0.1) is 11.3 Å². The van der Waals surface area contributed by atoms with Crippen LogP contribution >= 0.6 is 11.3 Å². The minimum absolute atomic E-state index is 0.108. The third-order valence-electron chi connectivity index (χ3n) is 2.01. The molecule has 0 saturated heterocycles. The minimum Gasteiger partial charge on any atom is -0.384 e. The zero-order chi connectivity index (χ0) is 13.2. The predicted octanol–water partition coefficient (Wildman–Crippen LogP) is 1.13. The molecule has 0 aliphatic carbocycles. The number of rotatable bonds is 6. The maximum Gasteiger partial charge on any atom is 0.246 e. The molecule has 0 unspecified atom stereocenters. The van der Waals surface area contributed by atoms with Crippen LogP contribution in [0.4, 0.5) is 0 Å². The molecule has 0 fully saturated rings. The van der Waals surface area contributed by atoms with Crippen LogP contribution in [0.2, 0.25) is 0 Å². The molecule has 1 heterocycles. The molecule has 0 spiro atoms. The van der Waals surface area contributed by atoms with Crippen molar-refractivity contribution in [3.63, 3.8) is 0 Å². The van der Waals surface area contributed by atoms with Crippen LogP contribution in [0, 0.1) is 11.8 Å². The van der Waals surface area contributed by atoms with Crippen molar-refractivity contribution in [2.24, 2.45) is 0 Å². The fraction of sp³-hybridized carbons (Fsp3) is 0.462. The molecule has 0 saturated carbocycles. The Kier molecular flexibility index (Phi) is 7.11. The Bertz CT molecular complexity index is 431. The van der Waals surface area contributed by atoms with Gasteiger partial charge in [0.15, 0.2) is 0 Å². The molecule has 98 valence electrons. The number of aliphatic hydroxyl groups is 1. The van der Waals surface area contributed by atoms with Crippen molar-refractivity contribution < 1.29 is 14.6 Å². The lowest BCUT2D eigenvalue weighted by Gasteiger charge is -2.03. The summed E-state index contributed by atoms with van der Waals surface area (Å²) < 4.78 is 5.13. The highest BCUT2D eigenvalue weighted by Crippen LogP contribution is 2.13. The summed E-state index contributed by atoms with van der Waals surface area (Å²) in [7, 11) is 0. The second kappa shape index (κ2) is 8.70. The molecular weight excluding hydrogens is 250 g/mol. The summed E-state index contributed by atoms with van der Waals surface area (Å²) in [6.45, 7) is 3.05. The number of hydrogen-bond acceptors (Lipinski definition) is 4. The maximum absolute atomic E-state index is 11.4. The number of carbonyl (C=O) groups is 1. The monoisotopic (exact) mass is 267 g/mol. The van der Waals surface area contributed by atoms with Gasteiger partial charge in [-0.1, -0.05) is 18.8 Å². The molecule has 1 amide bonds. The highest BCUT2D eigenvalue weighted by atomic mass is 32.1. The number of carbonyl (C=O) groups excluding carboxylic acids is 1. The zero-order valence-corrected chi connectivity index (χ0v) is 11.2. The molecule has 1 aromatic rings. The second-order valence-corrected chi connectivity index (χ2v) is 4.59. The van der Waals surface area contributed by atoms with Gasteiger partial charge in [-0.05, 0) is 12.5 Å². The van der Waals surface area contributed by atoms with Crippen molar-refractivity contribution in [3.05, 3.63) is 21.9 Å². The van der Waals surface area contributed by atoms with E-state index in [4.69, 9.17) is 9.84 Å². The fourth-order valence-electron chi connectivity index (χ4n) is 1.23. The number of ether oxygens (including phenoxy) is 1. The van der Waals surface area contributed by atoms with Gasteiger partial charge in [-0.2, -0.15) is 0 Å². The molecule has 0 bridgehead atoms. The van der Waals surface area contributed by atoms with Gasteiger partial charge >= 0.3 is 0 Å². The van der Waals surface area contributed by atoms with E-state index >= 15 is 0 Å². The largest absolute Gasteiger partial charge is 0.384 e. The second-order valence-electron chi connectivity index (χ2n) is 3.59. The van der Waals surface area contributed by atoms with Crippen molar-refractivity contribution >= 4 is 17.2 Å². The number of amides is 1. The summed E-state index contributed by atoms with van der Waals surface area (Å²) >= 11 is 1.53. The Hall–Kier alpha value is -1.35. The number of nitrogens with one attached hydrogen (secondary N) is 1. The first kappa shape index (κ1) is 14.7. The molecule has 0 radical (unpaired) electrons. The van der Waals surface area contributed by atoms with Crippen molar-refractivity contribution in [1.82, 2.24) is 5.32 Å². The van der Waals surface area contributed by atoms with Crippen molar-refractivity contribution in [3.8, 4) is 11.8 Å². The van der Waals surface area contributed by atoms with E-state index in [0.29, 0.717) is 13.2 Å². The highest BCUT2D eigenvalue weighted by molar-refractivity contribution is 7.10. The molecule has 0 aliphatic rings. The Labute approximate surface area is 111 Å². The van der Waals surface area contributed by atoms with E-state index in [-0.39, 0.29) is 19.1 Å². The molecular formula is C13H17NO3S. The van der Waals surface area contributed by atoms with E-state index in [9.17, 15) is 4.79 Å². The maximum atomic E-state index is 11.4. The minimum atomic E-state index is -0.142. The summed E-state index contributed by atoms with van der Waals surface area (Å²) in [6.07, 6.45) is 0.908. The SMILES string of the molecule is CCCOCC(=O)NCc1cc(C#CCO)cs1. The average Bonchev–Trinajstić information content (AvgIpc) is 2.82. The standard InChI is InChI=1S/C13H17NO3S/c1-2-6-17-9-13(16)14-8-12-7-11(10-18-12)4-3-5-15/h7,10,15H,2,5-6,8-9H2,1H3,(H,14,16). The lowest BCUT2D eigenvalue weighted by atomic mass is 10.3. The molecule has 5 heteroatoms. The molecule has 1 aromatic heterocycles. The first-order valence-corrected chi connectivity index (χ1v) is 6.65. The van der Waals surface area contributed by atoms with Crippen molar-refractivity contribution in [1.29, 1.82) is 0 Å². The molecule has 1 rings (SSSR count). The molecule has 4 nitrogen and oxygen atoms in total. The van der Waals surface area contributed by atoms with E-state index in [1.807, 2.05) is 18.4 Å². The van der Waals surface area contributed by atoms with Crippen LogP contribution in [-0.2, 0) is 16.1 Å². The molecule has 18 heavy (non-hydrogen) atoms. The molecule has 0 atom stereocenters. The number of thiophene rings is 1. The quantitative estimate of drug-likeness (QED) is 0.600. The van der Waals surface area contributed by atoms with Gasteiger partial charge in [0.05, 0.1) is 6.54 Å². The zero-order valence-electron chi connectivity index (χ0n) is 10.4. The van der Waals surface area contributed by atoms with E-state index < -0.39 is 0 Å². The summed E-state index contributed by atoms with van der Waals surface area (Å²) in [5, 5.41) is 13.2. The highest BCUT2D eigenvalue weighted by Gasteiger charge is 2.02. The summed E-state index contributed by atoms with van der Waals surface area (Å²) in [5.41, 5.74) is 0.862.